The normalized spacial score (nSPS) is 13.7. The number of hydrogen-bond donors (Lipinski definition) is 2. The number of H-pyrrole nitrogens is 1. The van der Waals surface area contributed by atoms with Crippen molar-refractivity contribution < 1.29 is 22.0 Å². The molecule has 172 valence electrons. The minimum atomic E-state index is -4.25. The van der Waals surface area contributed by atoms with E-state index in [4.69, 9.17) is 20.8 Å². The van der Waals surface area contributed by atoms with Crippen LogP contribution in [0.2, 0.25) is 5.02 Å². The van der Waals surface area contributed by atoms with Gasteiger partial charge in [0.15, 0.2) is 0 Å². The molecule has 8 nitrogen and oxygen atoms in total. The first kappa shape index (κ1) is 23.0. The highest BCUT2D eigenvalue weighted by Crippen LogP contribution is 2.37. The number of aromatic amines is 1. The van der Waals surface area contributed by atoms with Gasteiger partial charge in [-0.2, -0.15) is 4.72 Å². The van der Waals surface area contributed by atoms with Crippen LogP contribution in [0.15, 0.2) is 68.7 Å². The Kier molecular flexibility index (Phi) is 6.24. The summed E-state index contributed by atoms with van der Waals surface area (Å²) in [6, 6.07) is 12.9. The molecule has 0 saturated heterocycles. The van der Waals surface area contributed by atoms with Crippen LogP contribution in [-0.2, 0) is 10.0 Å². The van der Waals surface area contributed by atoms with Gasteiger partial charge >= 0.3 is 5.76 Å². The smallest absolute Gasteiger partial charge is 0.434 e. The van der Waals surface area contributed by atoms with E-state index in [2.05, 4.69) is 14.9 Å². The maximum absolute atomic E-state index is 15.0. The molecule has 0 bridgehead atoms. The molecule has 0 fully saturated rings. The maximum atomic E-state index is 15.0. The summed E-state index contributed by atoms with van der Waals surface area (Å²) in [5.74, 6) is -2.45. The molecule has 0 aliphatic heterocycles. The van der Waals surface area contributed by atoms with Gasteiger partial charge in [0.1, 0.15) is 22.5 Å². The van der Waals surface area contributed by atoms with E-state index in [0.717, 1.165) is 5.39 Å². The molecule has 1 heterocycles. The van der Waals surface area contributed by atoms with Gasteiger partial charge in [-0.25, -0.2) is 22.7 Å². The van der Waals surface area contributed by atoms with Crippen molar-refractivity contribution in [3.63, 3.8) is 0 Å². The van der Waals surface area contributed by atoms with Crippen LogP contribution in [0.4, 0.5) is 4.39 Å². The summed E-state index contributed by atoms with van der Waals surface area (Å²) in [6.07, 6.45) is 0. The third-order valence-corrected chi connectivity index (χ3v) is 7.01. The SMILES string of the molecule is COc1cc(Cl)ccc1S(=O)(=O)N[C@H](c1n[nH]c(=O)o1)[C@H](C)c1c(F)ccc2ccccc12. The van der Waals surface area contributed by atoms with Crippen molar-refractivity contribution in [3.05, 3.63) is 87.4 Å². The summed E-state index contributed by atoms with van der Waals surface area (Å²) in [5, 5.41) is 7.57. The molecule has 0 saturated carbocycles. The third kappa shape index (κ3) is 4.50. The van der Waals surface area contributed by atoms with Gasteiger partial charge in [0.2, 0.25) is 15.9 Å². The predicted molar refractivity (Wildman–Crippen MR) is 121 cm³/mol. The second-order valence-corrected chi connectivity index (χ2v) is 9.44. The van der Waals surface area contributed by atoms with Crippen molar-refractivity contribution in [2.45, 2.75) is 23.8 Å². The molecule has 11 heteroatoms. The van der Waals surface area contributed by atoms with Gasteiger partial charge in [-0.15, -0.1) is 5.10 Å². The first-order valence-electron chi connectivity index (χ1n) is 9.79. The van der Waals surface area contributed by atoms with E-state index in [1.165, 1.54) is 31.4 Å². The van der Waals surface area contributed by atoms with Crippen LogP contribution in [0.1, 0.15) is 30.3 Å². The van der Waals surface area contributed by atoms with Gasteiger partial charge in [0.25, 0.3) is 0 Å². The Morgan fingerprint density at radius 3 is 2.64 bits per heavy atom. The second kappa shape index (κ2) is 8.97. The van der Waals surface area contributed by atoms with Crippen LogP contribution in [0.5, 0.6) is 5.75 Å². The highest BCUT2D eigenvalue weighted by atomic mass is 35.5. The van der Waals surface area contributed by atoms with Crippen LogP contribution >= 0.6 is 11.6 Å². The third-order valence-electron chi connectivity index (χ3n) is 5.29. The van der Waals surface area contributed by atoms with Gasteiger partial charge in [0, 0.05) is 22.6 Å². The summed E-state index contributed by atoms with van der Waals surface area (Å²) in [7, 11) is -2.94. The quantitative estimate of drug-likeness (QED) is 0.401. The Bertz CT molecular complexity index is 1480. The summed E-state index contributed by atoms with van der Waals surface area (Å²) in [6.45, 7) is 1.62. The number of aromatic nitrogens is 2. The standard InChI is InChI=1S/C22H19ClFN3O5S/c1-12(19-15-6-4-3-5-13(15)7-9-16(19)24)20(21-25-26-22(28)32-21)27-33(29,30)18-10-8-14(23)11-17(18)31-2/h3-12,20,27H,1-2H3,(H,26,28)/t12-,20+/m1/s1. The molecule has 0 radical (unpaired) electrons. The fourth-order valence-electron chi connectivity index (χ4n) is 3.73. The summed E-state index contributed by atoms with van der Waals surface area (Å²) in [5.41, 5.74) is 0.245. The molecule has 3 aromatic carbocycles. The second-order valence-electron chi connectivity index (χ2n) is 7.32. The number of hydrogen-bond acceptors (Lipinski definition) is 6. The number of rotatable bonds is 7. The Morgan fingerprint density at radius 1 is 1.18 bits per heavy atom. The first-order valence-corrected chi connectivity index (χ1v) is 11.7. The Balaban J connectivity index is 1.84. The zero-order valence-corrected chi connectivity index (χ0v) is 19.1. The zero-order valence-electron chi connectivity index (χ0n) is 17.5. The van der Waals surface area contributed by atoms with Crippen molar-refractivity contribution in [1.82, 2.24) is 14.9 Å². The van der Waals surface area contributed by atoms with Gasteiger partial charge in [0.05, 0.1) is 7.11 Å². The van der Waals surface area contributed by atoms with E-state index in [0.29, 0.717) is 5.39 Å². The number of halogens is 2. The summed E-state index contributed by atoms with van der Waals surface area (Å²) in [4.78, 5) is 11.4. The molecule has 0 amide bonds. The van der Waals surface area contributed by atoms with Crippen molar-refractivity contribution >= 4 is 32.4 Å². The van der Waals surface area contributed by atoms with Crippen molar-refractivity contribution in [2.75, 3.05) is 7.11 Å². The minimum Gasteiger partial charge on any atom is -0.495 e. The topological polar surface area (TPSA) is 114 Å². The highest BCUT2D eigenvalue weighted by Gasteiger charge is 2.34. The van der Waals surface area contributed by atoms with Crippen LogP contribution < -0.4 is 15.2 Å². The number of fused-ring (bicyclic) bond motifs is 1. The van der Waals surface area contributed by atoms with E-state index in [1.807, 2.05) is 12.1 Å². The predicted octanol–water partition coefficient (Wildman–Crippen LogP) is 4.14. The molecule has 2 atom stereocenters. The Labute approximate surface area is 193 Å². The lowest BCUT2D eigenvalue weighted by molar-refractivity contribution is 0.376. The number of benzene rings is 3. The summed E-state index contributed by atoms with van der Waals surface area (Å²) < 4.78 is 54.4. The van der Waals surface area contributed by atoms with E-state index >= 15 is 4.39 Å². The fraction of sp³-hybridized carbons (Fsp3) is 0.182. The van der Waals surface area contributed by atoms with Crippen molar-refractivity contribution in [2.24, 2.45) is 0 Å². The number of ether oxygens (including phenoxy) is 1. The lowest BCUT2D eigenvalue weighted by Crippen LogP contribution is -2.33. The van der Waals surface area contributed by atoms with Gasteiger partial charge in [-0.3, -0.25) is 0 Å². The average molecular weight is 492 g/mol. The van der Waals surface area contributed by atoms with E-state index in [9.17, 15) is 13.2 Å². The molecule has 0 aliphatic carbocycles. The highest BCUT2D eigenvalue weighted by molar-refractivity contribution is 7.89. The molecule has 4 rings (SSSR count). The lowest BCUT2D eigenvalue weighted by atomic mass is 9.89. The van der Waals surface area contributed by atoms with Gasteiger partial charge in [-0.05, 0) is 29.0 Å². The van der Waals surface area contributed by atoms with Crippen LogP contribution in [-0.4, -0.2) is 25.7 Å². The molecule has 1 aromatic heterocycles. The first-order chi connectivity index (χ1) is 15.7. The molecular weight excluding hydrogens is 473 g/mol. The molecule has 33 heavy (non-hydrogen) atoms. The summed E-state index contributed by atoms with van der Waals surface area (Å²) >= 11 is 5.95. The van der Waals surface area contributed by atoms with E-state index in [-0.39, 0.29) is 27.1 Å². The largest absolute Gasteiger partial charge is 0.495 e. The average Bonchev–Trinajstić information content (AvgIpc) is 3.22. The van der Waals surface area contributed by atoms with Crippen LogP contribution in [0, 0.1) is 5.82 Å². The number of nitrogens with one attached hydrogen (secondary N) is 2. The Hall–Kier alpha value is -3.21. The van der Waals surface area contributed by atoms with Crippen LogP contribution in [0.25, 0.3) is 10.8 Å². The van der Waals surface area contributed by atoms with Crippen molar-refractivity contribution in [1.29, 1.82) is 0 Å². The minimum absolute atomic E-state index is 0.0150. The number of methoxy groups -OCH3 is 1. The zero-order chi connectivity index (χ0) is 23.8. The molecule has 0 unspecified atom stereocenters. The number of sulfonamides is 1. The Morgan fingerprint density at radius 2 is 1.94 bits per heavy atom. The number of nitrogens with zero attached hydrogens (tertiary/aromatic N) is 1. The molecule has 2 N–H and O–H groups in total. The fourth-order valence-corrected chi connectivity index (χ4v) is 5.32. The van der Waals surface area contributed by atoms with E-state index < -0.39 is 33.6 Å². The molecule has 0 spiro atoms. The maximum Gasteiger partial charge on any atom is 0.434 e. The van der Waals surface area contributed by atoms with Gasteiger partial charge < -0.3 is 9.15 Å². The monoisotopic (exact) mass is 491 g/mol. The van der Waals surface area contributed by atoms with E-state index in [1.54, 1.807) is 25.1 Å². The molecular formula is C22H19ClFN3O5S. The lowest BCUT2D eigenvalue weighted by Gasteiger charge is -2.24. The molecule has 4 aromatic rings. The van der Waals surface area contributed by atoms with Gasteiger partial charge in [-0.1, -0.05) is 48.9 Å². The van der Waals surface area contributed by atoms with Crippen LogP contribution in [0.3, 0.4) is 0 Å². The molecule has 0 aliphatic rings. The van der Waals surface area contributed by atoms with Crippen molar-refractivity contribution in [3.8, 4) is 5.75 Å².